The van der Waals surface area contributed by atoms with Crippen molar-refractivity contribution < 1.29 is 0 Å². The van der Waals surface area contributed by atoms with Crippen LogP contribution in [0.4, 0.5) is 0 Å². The molecule has 3 nitrogen and oxygen atoms in total. The molecule has 0 aromatic carbocycles. The van der Waals surface area contributed by atoms with Crippen LogP contribution < -0.4 is 5.73 Å². The van der Waals surface area contributed by atoms with Crippen LogP contribution in [0.2, 0.25) is 0 Å². The van der Waals surface area contributed by atoms with Crippen LogP contribution in [0, 0.1) is 17.2 Å². The van der Waals surface area contributed by atoms with Gasteiger partial charge in [-0.25, -0.2) is 5.26 Å². The molecular weight excluding hydrogens is 170 g/mol. The van der Waals surface area contributed by atoms with Crippen molar-refractivity contribution in [3.8, 4) is 6.57 Å². The zero-order valence-electron chi connectivity index (χ0n) is 7.12. The van der Waals surface area contributed by atoms with Crippen molar-refractivity contribution in [3.63, 3.8) is 0 Å². The molecule has 1 saturated carbocycles. The monoisotopic (exact) mass is 185 g/mol. The quantitative estimate of drug-likeness (QED) is 0.485. The van der Waals surface area contributed by atoms with Gasteiger partial charge in [-0.05, 0) is 12.8 Å². The van der Waals surface area contributed by atoms with E-state index in [1.54, 1.807) is 0 Å². The third-order valence-corrected chi connectivity index (χ3v) is 2.90. The van der Waals surface area contributed by atoms with Crippen LogP contribution in [0.1, 0.15) is 32.1 Å². The summed E-state index contributed by atoms with van der Waals surface area (Å²) in [6, 6.07) is 0. The Kier molecular flexibility index (Phi) is 6.58. The van der Waals surface area contributed by atoms with Crippen molar-refractivity contribution in [1.29, 1.82) is 10.7 Å². The molecule has 0 heterocycles. The fraction of sp³-hybridized carbons (Fsp3) is 0.750. The molecule has 3 N–H and O–H groups in total. The molecule has 0 saturated heterocycles. The van der Waals surface area contributed by atoms with Crippen molar-refractivity contribution in [2.45, 2.75) is 37.4 Å². The zero-order valence-corrected chi connectivity index (χ0v) is 7.94. The van der Waals surface area contributed by atoms with E-state index in [9.17, 15) is 0 Å². The standard InChI is InChI=1S/C7H14N2S.CHN/c8-7(9)10-6-4-2-1-3-5-6;1-2/h6H,1-5H2,(H3,8,9);1H. The molecule has 0 spiro atoms. The summed E-state index contributed by atoms with van der Waals surface area (Å²) in [4.78, 5) is 0. The summed E-state index contributed by atoms with van der Waals surface area (Å²) in [6.45, 7) is 3.50. The summed E-state index contributed by atoms with van der Waals surface area (Å²) in [5.41, 5.74) is 5.27. The molecule has 1 aliphatic rings. The Morgan fingerprint density at radius 2 is 1.83 bits per heavy atom. The molecule has 1 rings (SSSR count). The number of thioether (sulfide) groups is 1. The predicted octanol–water partition coefficient (Wildman–Crippen LogP) is 2.09. The first-order valence-corrected chi connectivity index (χ1v) is 4.93. The second-order valence-electron chi connectivity index (χ2n) is 2.74. The van der Waals surface area contributed by atoms with E-state index in [0.29, 0.717) is 5.25 Å². The molecule has 0 aromatic rings. The number of nitriles is 1. The normalized spacial score (nSPS) is 17.5. The average Bonchev–Trinajstić information content (AvgIpc) is 2.08. The maximum absolute atomic E-state index is 7.07. The van der Waals surface area contributed by atoms with Crippen LogP contribution in [-0.4, -0.2) is 10.4 Å². The second-order valence-corrected chi connectivity index (χ2v) is 4.08. The minimum absolute atomic E-state index is 0.284. The maximum atomic E-state index is 7.07. The highest BCUT2D eigenvalue weighted by atomic mass is 32.2. The van der Waals surface area contributed by atoms with E-state index in [0.717, 1.165) is 0 Å². The smallest absolute Gasteiger partial charge is 0.151 e. The molecule has 0 aromatic heterocycles. The van der Waals surface area contributed by atoms with E-state index in [1.807, 2.05) is 0 Å². The Balaban J connectivity index is 0.000000561. The number of amidine groups is 1. The summed E-state index contributed by atoms with van der Waals surface area (Å²) in [5, 5.41) is 14.5. The largest absolute Gasteiger partial charge is 0.379 e. The number of nitrogens with two attached hydrogens (primary N) is 1. The molecule has 4 heteroatoms. The fourth-order valence-electron chi connectivity index (χ4n) is 1.36. The summed E-state index contributed by atoms with van der Waals surface area (Å²) in [7, 11) is 0. The van der Waals surface area contributed by atoms with Gasteiger partial charge in [0, 0.05) is 11.8 Å². The van der Waals surface area contributed by atoms with Crippen molar-refractivity contribution >= 4 is 16.9 Å². The Morgan fingerprint density at radius 3 is 2.25 bits per heavy atom. The Labute approximate surface area is 77.8 Å². The molecule has 68 valence electrons. The molecule has 1 aliphatic carbocycles. The van der Waals surface area contributed by atoms with Gasteiger partial charge in [0.1, 0.15) is 0 Å². The first-order chi connectivity index (χ1) is 5.79. The molecule has 0 bridgehead atoms. The van der Waals surface area contributed by atoms with Crippen molar-refractivity contribution in [1.82, 2.24) is 0 Å². The van der Waals surface area contributed by atoms with Crippen molar-refractivity contribution in [2.75, 3.05) is 0 Å². The molecule has 0 radical (unpaired) electrons. The van der Waals surface area contributed by atoms with E-state index in [-0.39, 0.29) is 5.17 Å². The number of rotatable bonds is 1. The molecular formula is C8H15N3S. The van der Waals surface area contributed by atoms with E-state index < -0.39 is 0 Å². The number of hydrogen-bond donors (Lipinski definition) is 2. The van der Waals surface area contributed by atoms with Gasteiger partial charge in [-0.3, -0.25) is 5.41 Å². The van der Waals surface area contributed by atoms with Gasteiger partial charge < -0.3 is 5.73 Å². The van der Waals surface area contributed by atoms with Gasteiger partial charge in [-0.15, -0.1) is 0 Å². The second kappa shape index (κ2) is 6.99. The Hall–Kier alpha value is -0.690. The first kappa shape index (κ1) is 11.3. The third kappa shape index (κ3) is 5.03. The highest BCUT2D eigenvalue weighted by molar-refractivity contribution is 8.14. The number of nitrogens with one attached hydrogen (secondary N) is 1. The lowest BCUT2D eigenvalue weighted by Crippen LogP contribution is -2.15. The third-order valence-electron chi connectivity index (χ3n) is 1.85. The Bertz CT molecular complexity index is 150. The van der Waals surface area contributed by atoms with Crippen molar-refractivity contribution in [2.24, 2.45) is 5.73 Å². The number of hydrogen-bond acceptors (Lipinski definition) is 3. The maximum Gasteiger partial charge on any atom is 0.151 e. The lowest BCUT2D eigenvalue weighted by Gasteiger charge is -2.19. The molecule has 12 heavy (non-hydrogen) atoms. The van der Waals surface area contributed by atoms with Gasteiger partial charge in [0.2, 0.25) is 0 Å². The lowest BCUT2D eigenvalue weighted by molar-refractivity contribution is 0.517. The van der Waals surface area contributed by atoms with Gasteiger partial charge in [-0.1, -0.05) is 31.0 Å². The summed E-state index contributed by atoms with van der Waals surface area (Å²) in [5.74, 6) is 0. The zero-order chi connectivity index (χ0) is 9.40. The van der Waals surface area contributed by atoms with Crippen molar-refractivity contribution in [3.05, 3.63) is 0 Å². The van der Waals surface area contributed by atoms with Gasteiger partial charge >= 0.3 is 0 Å². The van der Waals surface area contributed by atoms with Crippen LogP contribution in [0.25, 0.3) is 0 Å². The lowest BCUT2D eigenvalue weighted by atomic mass is 10.0. The van der Waals surface area contributed by atoms with Gasteiger partial charge in [0.05, 0.1) is 0 Å². The topological polar surface area (TPSA) is 73.7 Å². The van der Waals surface area contributed by atoms with Crippen LogP contribution in [-0.2, 0) is 0 Å². The van der Waals surface area contributed by atoms with Crippen LogP contribution in [0.15, 0.2) is 0 Å². The van der Waals surface area contributed by atoms with Gasteiger partial charge in [0.25, 0.3) is 0 Å². The SMILES string of the molecule is C#N.N=C(N)SC1CCCCC1. The van der Waals surface area contributed by atoms with E-state index in [2.05, 4.69) is 6.57 Å². The molecule has 0 atom stereocenters. The average molecular weight is 185 g/mol. The molecule has 0 amide bonds. The van der Waals surface area contributed by atoms with Crippen LogP contribution in [0.5, 0.6) is 0 Å². The fourth-order valence-corrected chi connectivity index (χ4v) is 2.29. The first-order valence-electron chi connectivity index (χ1n) is 4.05. The van der Waals surface area contributed by atoms with E-state index in [1.165, 1.54) is 43.9 Å². The van der Waals surface area contributed by atoms with Crippen LogP contribution in [0.3, 0.4) is 0 Å². The summed E-state index contributed by atoms with van der Waals surface area (Å²) < 4.78 is 0. The molecule has 0 aliphatic heterocycles. The highest BCUT2D eigenvalue weighted by Crippen LogP contribution is 2.27. The van der Waals surface area contributed by atoms with Crippen LogP contribution >= 0.6 is 11.8 Å². The number of nitrogens with zero attached hydrogens (tertiary/aromatic N) is 1. The van der Waals surface area contributed by atoms with Gasteiger partial charge in [0.15, 0.2) is 5.17 Å². The van der Waals surface area contributed by atoms with E-state index in [4.69, 9.17) is 16.4 Å². The minimum Gasteiger partial charge on any atom is -0.379 e. The molecule has 0 unspecified atom stereocenters. The molecule has 1 fully saturated rings. The predicted molar refractivity (Wildman–Crippen MR) is 53.0 cm³/mol. The highest BCUT2D eigenvalue weighted by Gasteiger charge is 2.14. The van der Waals surface area contributed by atoms with Gasteiger partial charge in [-0.2, -0.15) is 0 Å². The Morgan fingerprint density at radius 1 is 1.33 bits per heavy atom. The summed E-state index contributed by atoms with van der Waals surface area (Å²) >= 11 is 1.54. The minimum atomic E-state index is 0.284. The summed E-state index contributed by atoms with van der Waals surface area (Å²) in [6.07, 6.45) is 6.53. The van der Waals surface area contributed by atoms with E-state index >= 15 is 0 Å².